The molecule has 8 aliphatic heterocycles. The molecule has 29 N–H and O–H groups in total. The topological polar surface area (TPSA) is 722 Å². The highest BCUT2D eigenvalue weighted by molar-refractivity contribution is 7.72. The minimum atomic E-state index is -5.31. The number of benzene rings is 7. The first-order valence-electron chi connectivity index (χ1n) is 43.7. The summed E-state index contributed by atoms with van der Waals surface area (Å²) in [7, 11) is -9.15. The van der Waals surface area contributed by atoms with Crippen LogP contribution in [0.1, 0.15) is 148 Å². The van der Waals surface area contributed by atoms with Crippen LogP contribution in [0.3, 0.4) is 0 Å². The van der Waals surface area contributed by atoms with Crippen LogP contribution in [-0.2, 0) is 83.5 Å². The molecule has 49 heteroatoms. The van der Waals surface area contributed by atoms with Gasteiger partial charge in [-0.3, -0.25) is 42.7 Å². The van der Waals surface area contributed by atoms with Crippen LogP contribution in [0, 0.1) is 5.92 Å². The maximum Gasteiger partial charge on any atom is 0.369 e. The van der Waals surface area contributed by atoms with E-state index in [2.05, 4.69) is 42.5 Å². The van der Waals surface area contributed by atoms with E-state index in [0.717, 1.165) is 59.2 Å². The number of nitrogens with one attached hydrogen (secondary N) is 8. The number of nitrogens with two attached hydrogens (primary N) is 3. The number of halogens is 3. The summed E-state index contributed by atoms with van der Waals surface area (Å²) in [5.74, 6) is -17.4. The molecule has 3 saturated heterocycles. The van der Waals surface area contributed by atoms with Crippen molar-refractivity contribution in [3.63, 3.8) is 0 Å². The molecule has 7 aromatic carbocycles. The van der Waals surface area contributed by atoms with E-state index in [4.69, 9.17) is 115 Å². The zero-order valence-electron chi connectivity index (χ0n) is 75.2. The third-order valence-corrected chi connectivity index (χ3v) is 29.9. The number of ether oxygens (including phenoxy) is 8. The van der Waals surface area contributed by atoms with Gasteiger partial charge in [0, 0.05) is 53.0 Å². The number of aliphatic hydroxyl groups excluding tert-OH is 6. The number of aliphatic carboxylic acids is 1. The van der Waals surface area contributed by atoms with Gasteiger partial charge >= 0.3 is 21.2 Å². The van der Waals surface area contributed by atoms with Crippen LogP contribution in [0.2, 0.25) is 15.1 Å². The Morgan fingerprint density at radius 3 is 1.78 bits per heavy atom. The molecule has 0 radical (unpaired) electrons. The summed E-state index contributed by atoms with van der Waals surface area (Å²) in [4.78, 5) is 155. The highest BCUT2D eigenvalue weighted by Crippen LogP contribution is 2.69. The molecule has 16 rings (SSSR count). The molecule has 3 fully saturated rings. The van der Waals surface area contributed by atoms with Crippen molar-refractivity contribution in [2.75, 3.05) is 20.2 Å². The second-order valence-corrected chi connectivity index (χ2v) is 41.1. The molecule has 0 unspecified atom stereocenters. The molecule has 139 heavy (non-hydrogen) atoms. The Morgan fingerprint density at radius 2 is 1.22 bits per heavy atom. The molecular weight excluding hydrogens is 1930 g/mol. The second-order valence-electron chi connectivity index (χ2n) is 35.9. The molecule has 8 heterocycles. The quantitative estimate of drug-likeness (QED) is 0.0321. The van der Waals surface area contributed by atoms with Gasteiger partial charge in [-0.05, 0) is 176 Å². The van der Waals surface area contributed by atoms with E-state index in [1.165, 1.54) is 57.3 Å². The number of hydrogen-bond donors (Lipinski definition) is 26. The van der Waals surface area contributed by atoms with Gasteiger partial charge in [0.2, 0.25) is 59.2 Å². The van der Waals surface area contributed by atoms with Gasteiger partial charge in [-0.2, -0.15) is 0 Å². The van der Waals surface area contributed by atoms with E-state index in [1.54, 1.807) is 26.0 Å². The Hall–Kier alpha value is -10.1. The van der Waals surface area contributed by atoms with Crippen LogP contribution >= 0.6 is 50.0 Å². The Morgan fingerprint density at radius 1 is 0.655 bits per heavy atom. The Kier molecular flexibility index (Phi) is 32.3. The number of aromatic hydroxyl groups is 1. The van der Waals surface area contributed by atoms with Gasteiger partial charge in [-0.1, -0.05) is 109 Å². The first-order valence-corrected chi connectivity index (χ1v) is 48.0. The van der Waals surface area contributed by atoms with E-state index in [-0.39, 0.29) is 75.9 Å². The average molecular weight is 2040 g/mol. The number of aliphatic hydroxyl groups is 9. The van der Waals surface area contributed by atoms with Crippen molar-refractivity contribution < 1.29 is 161 Å². The number of phenols is 1. The smallest absolute Gasteiger partial charge is 0.369 e. The fraction of sp³-hybridized carbons (Fsp3) is 0.444. The van der Waals surface area contributed by atoms with Crippen LogP contribution < -0.4 is 73.9 Å². The predicted molar refractivity (Wildman–Crippen MR) is 490 cm³/mol. The second kappa shape index (κ2) is 42.2. The molecule has 9 aliphatic rings. The third-order valence-electron chi connectivity index (χ3n) is 25.1. The number of primary amides is 1. The van der Waals surface area contributed by atoms with Gasteiger partial charge < -0.3 is 173 Å². The van der Waals surface area contributed by atoms with Crippen LogP contribution in [0.25, 0.3) is 22.3 Å². The first kappa shape index (κ1) is 106. The summed E-state index contributed by atoms with van der Waals surface area (Å²) in [5, 5.41) is 145. The Labute approximate surface area is 808 Å². The summed E-state index contributed by atoms with van der Waals surface area (Å²) in [6, 6.07) is 15.3. The first-order chi connectivity index (χ1) is 65.2. The van der Waals surface area contributed by atoms with Crippen LogP contribution in [0.5, 0.6) is 34.5 Å². The Bertz CT molecular complexity index is 5900. The summed E-state index contributed by atoms with van der Waals surface area (Å²) < 4.78 is 74.2. The number of hydrogen-bond acceptors (Lipinski definition) is 32. The Balaban J connectivity index is 0.00000116. The number of phenolic OH excluding ortho intramolecular Hbond substituents is 1. The molecule has 11 bridgehead atoms. The highest BCUT2D eigenvalue weighted by Gasteiger charge is 2.59. The van der Waals surface area contributed by atoms with Gasteiger partial charge in [0.15, 0.2) is 36.2 Å². The minimum Gasteiger partial charge on any atom is -0.508 e. The van der Waals surface area contributed by atoms with Crippen molar-refractivity contribution in [2.24, 2.45) is 23.1 Å². The molecule has 0 spiro atoms. The lowest BCUT2D eigenvalue weighted by Crippen LogP contribution is -2.65. The van der Waals surface area contributed by atoms with Crippen molar-refractivity contribution in [2.45, 2.75) is 224 Å². The standard InChI is InChI=1S/C87H97Cl3N10O26.C3H11NO7P2/c1-35(2)22-53(93-7)77(109)99-67-69(104)42-15-20-55(51(89)24-42)121-57-26-44-27-58(73(57)126-84-74(71(106)70(105)59(34-101)123-84)125-62-32-86(6,76(108)37(4)120-62)94-33-38-8-10-39(11-9-38)40-12-17-45(88)18-13-40)122-56-21-16-43(25-52(56)90)72(124-61-31-85(5,92)75(107)36(3)119-61)68-82(114)98-66(83(115)116)48-28-46(102)29-50-63(48)47-23-41(14-19-49(47)87(50,117)118)64(79(111)100-68)97-80(112)65(44)96-78(110)54(30-60(91)103)95-81(67)113;4-2-1-3(5,12(6,7)8)13(9,10)11/h8-21,23-29,35-37,53-54,59,61-62,64-72,74-76,84,93-94,101-102,104-108,117-118H,22,30-34,92H2,1-7H3,(H2,91,103)(H,95,113)(H,96,110)(H,97,112)(H,98,114)(H,99,109)(H,100,111)(H,115,116);5H,1-2,4H2,(H2,6,7,8)(H2,9,10,11)/t36-,37-,53+,54-,59+,61-,62-,64+,65+,66-,67+,68-,69+,70+,71-,72+,74+,75-,76-,84-,85-,86-;/m0./s1. The molecule has 1 aliphatic carbocycles. The zero-order valence-corrected chi connectivity index (χ0v) is 79.3. The highest BCUT2D eigenvalue weighted by atomic mass is 35.5. The van der Waals surface area contributed by atoms with E-state index >= 15 is 24.0 Å². The van der Waals surface area contributed by atoms with Gasteiger partial charge in [0.25, 0.3) is 5.08 Å². The number of carboxylic acid groups (broad SMARTS) is 1. The molecule has 7 amide bonds. The predicted octanol–water partition coefficient (Wildman–Crippen LogP) is 1.92. The summed E-state index contributed by atoms with van der Waals surface area (Å²) in [6.07, 6.45) is -23.8. The number of carbonyl (C=O) groups excluding carboxylic acids is 7. The molecule has 44 nitrogen and oxygen atoms in total. The maximum atomic E-state index is 16.6. The average Bonchev–Trinajstić information content (AvgIpc) is 1.56. The van der Waals surface area contributed by atoms with Crippen molar-refractivity contribution in [1.29, 1.82) is 0 Å². The van der Waals surface area contributed by atoms with Crippen molar-refractivity contribution in [1.82, 2.24) is 42.5 Å². The lowest BCUT2D eigenvalue weighted by atomic mass is 9.84. The summed E-state index contributed by atoms with van der Waals surface area (Å²) in [5.41, 5.74) is 14.4. The molecule has 0 saturated carbocycles. The number of amides is 7. The van der Waals surface area contributed by atoms with E-state index in [9.17, 15) is 74.6 Å². The SMILES string of the molecule is CN[C@H](CC(C)C)C(=O)N[C@H]1C(=O)N[C@@H](CC(N)=O)C(=O)N[C@H]2C(=O)N[C@H]3C(=O)N[C@H](C(=O)N[C@H](C(=O)O)c4cc(O)cc5c4-c4cc3ccc4C5(O)O)[C@H](O[C@H]3C[C@](C)(N)[C@@H](O)[C@H](C)O3)c3ccc(c(Cl)c3)Oc3cc2cc(c3O[C@@H]2O[C@H](CO)[C@@H](O)[C@H](O)[C@H]2O[C@H]2C[C@](C)(NCc3ccc(-c4ccc(Cl)cc4)cc3)[C@@H](O)[C@H](C)O2)Oc2ccc(cc2Cl)[C@H]1O.NCCC(O)(P(=O)(O)O)P(=O)(O)O. The van der Waals surface area contributed by atoms with Crippen molar-refractivity contribution >= 4 is 97.3 Å². The number of fused-ring (bicyclic) bond motifs is 12. The fourth-order valence-corrected chi connectivity index (χ4v) is 20.4. The lowest BCUT2D eigenvalue weighted by Gasteiger charge is -2.48. The van der Waals surface area contributed by atoms with E-state index in [0.29, 0.717) is 5.02 Å². The van der Waals surface area contributed by atoms with Gasteiger partial charge in [-0.25, -0.2) is 4.79 Å². The number of likely N-dealkylation sites (N-methyl/N-ethyl adjacent to an activating group) is 1. The van der Waals surface area contributed by atoms with Gasteiger partial charge in [0.1, 0.15) is 78.0 Å². The monoisotopic (exact) mass is 2040 g/mol. The van der Waals surface area contributed by atoms with Crippen LogP contribution in [0.15, 0.2) is 127 Å². The van der Waals surface area contributed by atoms with Crippen LogP contribution in [0.4, 0.5) is 0 Å². The van der Waals surface area contributed by atoms with E-state index < -0.39 is 283 Å². The minimum absolute atomic E-state index is 0.118. The van der Waals surface area contributed by atoms with Gasteiger partial charge in [0.05, 0.1) is 53.5 Å². The van der Waals surface area contributed by atoms with Gasteiger partial charge in [-0.15, -0.1) is 0 Å². The van der Waals surface area contributed by atoms with E-state index in [1.807, 2.05) is 50.2 Å². The normalized spacial score (nSPS) is 28.8. The van der Waals surface area contributed by atoms with Crippen molar-refractivity contribution in [3.05, 3.63) is 187 Å². The zero-order chi connectivity index (χ0) is 102. The van der Waals surface area contributed by atoms with Crippen molar-refractivity contribution in [3.8, 4) is 56.8 Å². The fourth-order valence-electron chi connectivity index (χ4n) is 17.6. The largest absolute Gasteiger partial charge is 0.508 e. The summed E-state index contributed by atoms with van der Waals surface area (Å²) >= 11 is 20.9. The van der Waals surface area contributed by atoms with Crippen LogP contribution in [-0.4, -0.2) is 251 Å². The molecule has 752 valence electrons. The lowest BCUT2D eigenvalue weighted by molar-refractivity contribution is -0.334. The molecule has 22 atom stereocenters. The molecule has 7 aromatic rings. The molecule has 0 aromatic heterocycles. The number of carboxylic acids is 1. The number of carbonyl (C=O) groups is 8. The summed E-state index contributed by atoms with van der Waals surface area (Å²) in [6.45, 7) is 8.64. The third kappa shape index (κ3) is 22.7. The maximum absolute atomic E-state index is 16.6. The number of rotatable bonds is 23. The molecular formula is C90H108Cl3N11O33P2.